The van der Waals surface area contributed by atoms with Gasteiger partial charge < -0.3 is 14.4 Å². The van der Waals surface area contributed by atoms with E-state index in [4.69, 9.17) is 9.47 Å². The van der Waals surface area contributed by atoms with E-state index < -0.39 is 0 Å². The number of hydrogen-bond donors (Lipinski definition) is 0. The molecule has 1 aromatic carbocycles. The monoisotopic (exact) mass is 315 g/mol. The van der Waals surface area contributed by atoms with E-state index in [9.17, 15) is 0 Å². The van der Waals surface area contributed by atoms with Crippen LogP contribution in [0.5, 0.6) is 5.75 Å². The van der Waals surface area contributed by atoms with Gasteiger partial charge in [-0.1, -0.05) is 29.8 Å². The normalized spacial score (nSPS) is 10.9. The molecule has 0 radical (unpaired) electrons. The maximum atomic E-state index is 5.56. The minimum Gasteiger partial charge on any atom is -0.491 e. The van der Waals surface area contributed by atoms with Gasteiger partial charge in [-0.25, -0.2) is 0 Å². The van der Waals surface area contributed by atoms with Gasteiger partial charge in [0.25, 0.3) is 0 Å². The molecule has 0 fully saturated rings. The summed E-state index contributed by atoms with van der Waals surface area (Å²) in [5.41, 5.74) is 0. The van der Waals surface area contributed by atoms with Crippen LogP contribution in [0.1, 0.15) is 13.8 Å². The molecule has 0 bridgehead atoms. The second-order valence-electron chi connectivity index (χ2n) is 3.94. The summed E-state index contributed by atoms with van der Waals surface area (Å²) >= 11 is 3.39. The molecule has 0 saturated heterocycles. The molecule has 0 spiro atoms. The lowest BCUT2D eigenvalue weighted by Crippen LogP contribution is -2.27. The number of hydrogen-bond acceptors (Lipinski definition) is 3. The van der Waals surface area contributed by atoms with Crippen molar-refractivity contribution in [2.24, 2.45) is 0 Å². The number of nitrogens with zero attached hydrogens (tertiary/aromatic N) is 1. The smallest absolute Gasteiger partial charge is 0.119 e. The molecule has 0 heterocycles. The topological polar surface area (TPSA) is 21.7 Å². The number of halogens is 1. The predicted octanol–water partition coefficient (Wildman–Crippen LogP) is 3.19. The average Bonchev–Trinajstić information content (AvgIpc) is 2.40. The van der Waals surface area contributed by atoms with E-state index in [1.165, 1.54) is 0 Å². The molecule has 0 aromatic heterocycles. The summed E-state index contributed by atoms with van der Waals surface area (Å²) in [6.45, 7) is 9.48. The third kappa shape index (κ3) is 6.38. The van der Waals surface area contributed by atoms with Crippen LogP contribution in [0, 0.1) is 0 Å². The van der Waals surface area contributed by atoms with Gasteiger partial charge >= 0.3 is 0 Å². The van der Waals surface area contributed by atoms with Crippen molar-refractivity contribution in [2.45, 2.75) is 13.8 Å². The maximum absolute atomic E-state index is 5.56. The van der Waals surface area contributed by atoms with Crippen molar-refractivity contribution in [3.63, 3.8) is 0 Å². The summed E-state index contributed by atoms with van der Waals surface area (Å²) < 4.78 is 12.2. The molecule has 0 unspecified atom stereocenters. The van der Waals surface area contributed by atoms with E-state index in [1.54, 1.807) is 0 Å². The molecule has 18 heavy (non-hydrogen) atoms. The molecule has 1 rings (SSSR count). The minimum atomic E-state index is 0.597. The Morgan fingerprint density at radius 2 is 1.67 bits per heavy atom. The van der Waals surface area contributed by atoms with Crippen LogP contribution in [0.2, 0.25) is 0 Å². The molecule has 0 aliphatic rings. The molecule has 0 aliphatic carbocycles. The third-order valence-electron chi connectivity index (χ3n) is 2.76. The highest BCUT2D eigenvalue weighted by Gasteiger charge is 1.98. The fourth-order valence-electron chi connectivity index (χ4n) is 1.58. The van der Waals surface area contributed by atoms with E-state index in [2.05, 4.69) is 34.7 Å². The zero-order valence-corrected chi connectivity index (χ0v) is 12.8. The fraction of sp³-hybridized carbons (Fsp3) is 0.571. The van der Waals surface area contributed by atoms with Crippen LogP contribution in [0.3, 0.4) is 0 Å². The Labute approximate surface area is 118 Å². The molecule has 102 valence electrons. The summed E-state index contributed by atoms with van der Waals surface area (Å²) in [6, 6.07) is 7.83. The van der Waals surface area contributed by atoms with Crippen LogP contribution in [-0.4, -0.2) is 44.4 Å². The summed E-state index contributed by atoms with van der Waals surface area (Å²) in [5.74, 6) is 0.880. The summed E-state index contributed by atoms with van der Waals surface area (Å²) in [5, 5.41) is 0. The Hall–Kier alpha value is -0.580. The lowest BCUT2D eigenvalue weighted by Gasteiger charge is -2.17. The van der Waals surface area contributed by atoms with E-state index in [1.807, 2.05) is 24.3 Å². The van der Waals surface area contributed by atoms with Crippen molar-refractivity contribution in [1.29, 1.82) is 0 Å². The van der Waals surface area contributed by atoms with Crippen LogP contribution in [0.15, 0.2) is 28.7 Å². The first-order valence-electron chi connectivity index (χ1n) is 6.44. The first-order valence-corrected chi connectivity index (χ1v) is 7.24. The molecule has 0 amide bonds. The van der Waals surface area contributed by atoms with E-state index in [0.29, 0.717) is 13.2 Å². The van der Waals surface area contributed by atoms with Gasteiger partial charge in [0.15, 0.2) is 0 Å². The number of ether oxygens (including phenoxy) is 2. The summed E-state index contributed by atoms with van der Waals surface area (Å²) in [7, 11) is 0. The highest BCUT2D eigenvalue weighted by molar-refractivity contribution is 9.10. The first-order chi connectivity index (χ1) is 8.76. The van der Waals surface area contributed by atoms with Crippen LogP contribution >= 0.6 is 15.9 Å². The van der Waals surface area contributed by atoms with Crippen LogP contribution in [0.4, 0.5) is 0 Å². The SMILES string of the molecule is CCN(CC)CCOCCOc1ccc(Br)cc1. The highest BCUT2D eigenvalue weighted by atomic mass is 79.9. The molecule has 0 saturated carbocycles. The molecule has 1 aromatic rings. The Balaban J connectivity index is 2.03. The van der Waals surface area contributed by atoms with E-state index in [0.717, 1.165) is 36.5 Å². The van der Waals surface area contributed by atoms with Crippen LogP contribution in [-0.2, 0) is 4.74 Å². The van der Waals surface area contributed by atoms with E-state index in [-0.39, 0.29) is 0 Å². The van der Waals surface area contributed by atoms with Crippen molar-refractivity contribution in [1.82, 2.24) is 4.90 Å². The Kier molecular flexibility index (Phi) is 8.05. The Morgan fingerprint density at radius 1 is 1.00 bits per heavy atom. The van der Waals surface area contributed by atoms with Gasteiger partial charge in [-0.3, -0.25) is 0 Å². The lowest BCUT2D eigenvalue weighted by atomic mass is 10.3. The number of likely N-dealkylation sites (N-methyl/N-ethyl adjacent to an activating group) is 1. The van der Waals surface area contributed by atoms with E-state index >= 15 is 0 Å². The van der Waals surface area contributed by atoms with Gasteiger partial charge in [0.2, 0.25) is 0 Å². The fourth-order valence-corrected chi connectivity index (χ4v) is 1.85. The molecule has 0 aliphatic heterocycles. The Morgan fingerprint density at radius 3 is 2.28 bits per heavy atom. The molecular formula is C14H22BrNO2. The standard InChI is InChI=1S/C14H22BrNO2/c1-3-16(4-2)9-10-17-11-12-18-14-7-5-13(15)6-8-14/h5-8H,3-4,9-12H2,1-2H3. The van der Waals surface area contributed by atoms with Crippen molar-refractivity contribution < 1.29 is 9.47 Å². The zero-order chi connectivity index (χ0) is 13.2. The average molecular weight is 316 g/mol. The second-order valence-corrected chi connectivity index (χ2v) is 4.86. The second kappa shape index (κ2) is 9.36. The van der Waals surface area contributed by atoms with Gasteiger partial charge in [0, 0.05) is 11.0 Å². The van der Waals surface area contributed by atoms with Crippen LogP contribution in [0.25, 0.3) is 0 Å². The largest absolute Gasteiger partial charge is 0.491 e. The van der Waals surface area contributed by atoms with Crippen molar-refractivity contribution in [3.05, 3.63) is 28.7 Å². The third-order valence-corrected chi connectivity index (χ3v) is 3.28. The molecule has 0 N–H and O–H groups in total. The van der Waals surface area contributed by atoms with Gasteiger partial charge in [-0.15, -0.1) is 0 Å². The summed E-state index contributed by atoms with van der Waals surface area (Å²) in [6.07, 6.45) is 0. The molecule has 4 heteroatoms. The van der Waals surface area contributed by atoms with Gasteiger partial charge in [-0.2, -0.15) is 0 Å². The predicted molar refractivity (Wildman–Crippen MR) is 78.2 cm³/mol. The van der Waals surface area contributed by atoms with Crippen molar-refractivity contribution in [3.8, 4) is 5.75 Å². The molecule has 3 nitrogen and oxygen atoms in total. The number of rotatable bonds is 9. The molecular weight excluding hydrogens is 294 g/mol. The van der Waals surface area contributed by atoms with Crippen molar-refractivity contribution >= 4 is 15.9 Å². The van der Waals surface area contributed by atoms with Crippen LogP contribution < -0.4 is 4.74 Å². The molecule has 0 atom stereocenters. The van der Waals surface area contributed by atoms with Gasteiger partial charge in [-0.05, 0) is 37.4 Å². The highest BCUT2D eigenvalue weighted by Crippen LogP contribution is 2.15. The minimum absolute atomic E-state index is 0.597. The van der Waals surface area contributed by atoms with Gasteiger partial charge in [0.05, 0.1) is 13.2 Å². The maximum Gasteiger partial charge on any atom is 0.119 e. The Bertz CT molecular complexity index is 312. The zero-order valence-electron chi connectivity index (χ0n) is 11.2. The summed E-state index contributed by atoms with van der Waals surface area (Å²) in [4.78, 5) is 2.34. The quantitative estimate of drug-likeness (QED) is 0.653. The van der Waals surface area contributed by atoms with Crippen molar-refractivity contribution in [2.75, 3.05) is 39.5 Å². The van der Waals surface area contributed by atoms with Gasteiger partial charge in [0.1, 0.15) is 12.4 Å². The number of benzene rings is 1. The first kappa shape index (κ1) is 15.5. The lowest BCUT2D eigenvalue weighted by molar-refractivity contribution is 0.0819.